The van der Waals surface area contributed by atoms with E-state index in [1.807, 2.05) is 62.4 Å². The van der Waals surface area contributed by atoms with Gasteiger partial charge in [-0.3, -0.25) is 0 Å². The van der Waals surface area contributed by atoms with Crippen LogP contribution >= 0.6 is 0 Å². The van der Waals surface area contributed by atoms with Gasteiger partial charge in [0.1, 0.15) is 0 Å². The molecule has 2 N–H and O–H groups in total. The Morgan fingerprint density at radius 3 is 1.40 bits per heavy atom. The number of benzene rings is 2. The van der Waals surface area contributed by atoms with Gasteiger partial charge in [0.25, 0.3) is 0 Å². The van der Waals surface area contributed by atoms with Gasteiger partial charge in [0, 0.05) is 0 Å². The first-order valence-electron chi connectivity index (χ1n) is 7.15. The van der Waals surface area contributed by atoms with Crippen molar-refractivity contribution in [2.24, 2.45) is 11.8 Å². The smallest absolute Gasteiger partial charge is 0.0825 e. The van der Waals surface area contributed by atoms with Crippen LogP contribution in [-0.4, -0.2) is 10.2 Å². The standard InChI is InChI=1S/C18H20O2/c1-11-12(2)18(20)16-10-6-4-8-14(16)13-7-3-5-9-15(13)17(11)19/h3-12,17-20H,1-2H3/t11-,12+,17-,18-/m0/s1. The summed E-state index contributed by atoms with van der Waals surface area (Å²) >= 11 is 0. The van der Waals surface area contributed by atoms with Gasteiger partial charge in [0.05, 0.1) is 12.2 Å². The maximum absolute atomic E-state index is 10.6. The Bertz CT molecular complexity index is 565. The minimum atomic E-state index is -0.552. The molecule has 0 heterocycles. The summed E-state index contributed by atoms with van der Waals surface area (Å²) in [6, 6.07) is 15.9. The molecule has 0 amide bonds. The highest BCUT2D eigenvalue weighted by Gasteiger charge is 2.33. The van der Waals surface area contributed by atoms with Gasteiger partial charge in [-0.15, -0.1) is 0 Å². The van der Waals surface area contributed by atoms with Crippen molar-refractivity contribution in [3.8, 4) is 11.1 Å². The molecule has 20 heavy (non-hydrogen) atoms. The third-order valence-corrected chi connectivity index (χ3v) is 4.67. The Hall–Kier alpha value is -1.64. The molecule has 2 aromatic carbocycles. The maximum atomic E-state index is 10.6. The van der Waals surface area contributed by atoms with Crippen LogP contribution in [-0.2, 0) is 0 Å². The second-order valence-electron chi connectivity index (χ2n) is 5.78. The monoisotopic (exact) mass is 268 g/mol. The van der Waals surface area contributed by atoms with Crippen LogP contribution in [0.15, 0.2) is 48.5 Å². The Morgan fingerprint density at radius 1 is 0.650 bits per heavy atom. The van der Waals surface area contributed by atoms with Crippen molar-refractivity contribution in [1.82, 2.24) is 0 Å². The number of hydrogen-bond acceptors (Lipinski definition) is 2. The molecule has 0 bridgehead atoms. The van der Waals surface area contributed by atoms with E-state index in [1.54, 1.807) is 0 Å². The maximum Gasteiger partial charge on any atom is 0.0825 e. The molecule has 2 aromatic rings. The van der Waals surface area contributed by atoms with Gasteiger partial charge in [-0.2, -0.15) is 0 Å². The average Bonchev–Trinajstić information content (AvgIpc) is 2.51. The van der Waals surface area contributed by atoms with Crippen LogP contribution in [0.3, 0.4) is 0 Å². The first-order valence-corrected chi connectivity index (χ1v) is 7.15. The van der Waals surface area contributed by atoms with Gasteiger partial charge in [-0.25, -0.2) is 0 Å². The predicted octanol–water partition coefficient (Wildman–Crippen LogP) is 3.71. The highest BCUT2D eigenvalue weighted by Crippen LogP contribution is 2.44. The lowest BCUT2D eigenvalue weighted by molar-refractivity contribution is 0.0201. The summed E-state index contributed by atoms with van der Waals surface area (Å²) in [5, 5.41) is 21.3. The molecule has 0 radical (unpaired) electrons. The van der Waals surface area contributed by atoms with Crippen LogP contribution in [0, 0.1) is 11.8 Å². The van der Waals surface area contributed by atoms with Crippen LogP contribution in [0.1, 0.15) is 37.2 Å². The molecule has 104 valence electrons. The number of fused-ring (bicyclic) bond motifs is 3. The third kappa shape index (κ3) is 1.96. The minimum Gasteiger partial charge on any atom is -0.388 e. The lowest BCUT2D eigenvalue weighted by Gasteiger charge is -2.34. The van der Waals surface area contributed by atoms with E-state index in [2.05, 4.69) is 0 Å². The second kappa shape index (κ2) is 5.04. The van der Waals surface area contributed by atoms with Crippen LogP contribution in [0.25, 0.3) is 11.1 Å². The van der Waals surface area contributed by atoms with Crippen LogP contribution in [0.4, 0.5) is 0 Å². The Balaban J connectivity index is 2.30. The number of aliphatic hydroxyl groups is 2. The topological polar surface area (TPSA) is 40.5 Å². The van der Waals surface area contributed by atoms with Crippen LogP contribution < -0.4 is 0 Å². The molecule has 2 heteroatoms. The van der Waals surface area contributed by atoms with Crippen molar-refractivity contribution >= 4 is 0 Å². The summed E-state index contributed by atoms with van der Waals surface area (Å²) in [5.74, 6) is -0.000915. The fourth-order valence-corrected chi connectivity index (χ4v) is 3.14. The van der Waals surface area contributed by atoms with Gasteiger partial charge in [-0.1, -0.05) is 62.4 Å². The number of aliphatic hydroxyl groups excluding tert-OH is 2. The molecule has 0 aromatic heterocycles. The summed E-state index contributed by atoms with van der Waals surface area (Å²) < 4.78 is 0. The average molecular weight is 268 g/mol. The van der Waals surface area contributed by atoms with E-state index in [9.17, 15) is 10.2 Å². The van der Waals surface area contributed by atoms with Crippen molar-refractivity contribution < 1.29 is 10.2 Å². The van der Waals surface area contributed by atoms with E-state index < -0.39 is 12.2 Å². The molecular weight excluding hydrogens is 248 g/mol. The molecule has 0 saturated heterocycles. The van der Waals surface area contributed by atoms with E-state index in [0.717, 1.165) is 22.3 Å². The molecule has 1 aliphatic rings. The predicted molar refractivity (Wildman–Crippen MR) is 80.1 cm³/mol. The lowest BCUT2D eigenvalue weighted by atomic mass is 9.75. The minimum absolute atomic E-state index is 0.000457. The largest absolute Gasteiger partial charge is 0.388 e. The number of rotatable bonds is 0. The van der Waals surface area contributed by atoms with Gasteiger partial charge in [0.15, 0.2) is 0 Å². The van der Waals surface area contributed by atoms with Crippen LogP contribution in [0.5, 0.6) is 0 Å². The number of hydrogen-bond donors (Lipinski definition) is 2. The first-order chi connectivity index (χ1) is 9.61. The molecular formula is C18H20O2. The molecule has 0 aliphatic heterocycles. The van der Waals surface area contributed by atoms with Crippen molar-refractivity contribution in [2.75, 3.05) is 0 Å². The Kier molecular flexibility index (Phi) is 3.36. The quantitative estimate of drug-likeness (QED) is 0.764. The zero-order valence-electron chi connectivity index (χ0n) is 11.8. The third-order valence-electron chi connectivity index (χ3n) is 4.67. The van der Waals surface area contributed by atoms with Gasteiger partial charge < -0.3 is 10.2 Å². The summed E-state index contributed by atoms with van der Waals surface area (Å²) in [5.41, 5.74) is 3.94. The molecule has 1 aliphatic carbocycles. The van der Waals surface area contributed by atoms with E-state index in [4.69, 9.17) is 0 Å². The molecule has 2 nitrogen and oxygen atoms in total. The molecule has 0 unspecified atom stereocenters. The van der Waals surface area contributed by atoms with E-state index >= 15 is 0 Å². The Labute approximate surface area is 119 Å². The van der Waals surface area contributed by atoms with Crippen molar-refractivity contribution in [3.63, 3.8) is 0 Å². The summed E-state index contributed by atoms with van der Waals surface area (Å²) in [4.78, 5) is 0. The van der Waals surface area contributed by atoms with Gasteiger partial charge in [0.2, 0.25) is 0 Å². The van der Waals surface area contributed by atoms with E-state index in [1.165, 1.54) is 0 Å². The van der Waals surface area contributed by atoms with E-state index in [0.29, 0.717) is 0 Å². The van der Waals surface area contributed by atoms with Crippen LogP contribution in [0.2, 0.25) is 0 Å². The van der Waals surface area contributed by atoms with Gasteiger partial charge in [-0.05, 0) is 34.1 Å². The van der Waals surface area contributed by atoms with Crippen molar-refractivity contribution in [1.29, 1.82) is 0 Å². The van der Waals surface area contributed by atoms with Crippen molar-refractivity contribution in [2.45, 2.75) is 26.1 Å². The summed E-state index contributed by atoms with van der Waals surface area (Å²) in [6.07, 6.45) is -1.10. The zero-order chi connectivity index (χ0) is 14.3. The molecule has 4 atom stereocenters. The van der Waals surface area contributed by atoms with Gasteiger partial charge >= 0.3 is 0 Å². The molecule has 0 spiro atoms. The second-order valence-corrected chi connectivity index (χ2v) is 5.78. The normalized spacial score (nSPS) is 29.0. The highest BCUT2D eigenvalue weighted by atomic mass is 16.3. The molecule has 0 saturated carbocycles. The fraction of sp³-hybridized carbons (Fsp3) is 0.333. The highest BCUT2D eigenvalue weighted by molar-refractivity contribution is 5.72. The van der Waals surface area contributed by atoms with E-state index in [-0.39, 0.29) is 11.8 Å². The first kappa shape index (κ1) is 13.3. The molecule has 3 rings (SSSR count). The lowest BCUT2D eigenvalue weighted by Crippen LogP contribution is -2.25. The Morgan fingerprint density at radius 2 is 1.00 bits per heavy atom. The zero-order valence-corrected chi connectivity index (χ0v) is 11.8. The fourth-order valence-electron chi connectivity index (χ4n) is 3.14. The summed E-state index contributed by atoms with van der Waals surface area (Å²) in [6.45, 7) is 4.01. The SMILES string of the molecule is C[C@@H]1[C@H](C)[C@H](O)c2ccccc2-c2ccccc2[C@H]1O. The summed E-state index contributed by atoms with van der Waals surface area (Å²) in [7, 11) is 0. The molecule has 0 fully saturated rings. The van der Waals surface area contributed by atoms with Crippen molar-refractivity contribution in [3.05, 3.63) is 59.7 Å².